The van der Waals surface area contributed by atoms with E-state index in [1.165, 1.54) is 16.0 Å². The van der Waals surface area contributed by atoms with Crippen LogP contribution in [-0.2, 0) is 17.6 Å². The molecular weight excluding hydrogens is 448 g/mol. The molecule has 2 aliphatic rings. The van der Waals surface area contributed by atoms with Gasteiger partial charge in [0.05, 0.1) is 11.4 Å². The smallest absolute Gasteiger partial charge is 0.233 e. The van der Waals surface area contributed by atoms with E-state index >= 15 is 0 Å². The Hall–Kier alpha value is -2.22. The van der Waals surface area contributed by atoms with Crippen LogP contribution in [0.25, 0.3) is 0 Å². The Balaban J connectivity index is 1.35. The molecule has 184 valence electrons. The lowest BCUT2D eigenvalue weighted by Gasteiger charge is -2.17. The number of carbonyl (C=O) groups is 2. The predicted octanol–water partition coefficient (Wildman–Crippen LogP) is 3.60. The van der Waals surface area contributed by atoms with Crippen molar-refractivity contribution in [3.63, 3.8) is 0 Å². The van der Waals surface area contributed by atoms with Crippen LogP contribution >= 0.6 is 11.3 Å². The molecule has 2 aliphatic carbocycles. The van der Waals surface area contributed by atoms with Gasteiger partial charge >= 0.3 is 0 Å². The first kappa shape index (κ1) is 24.9. The Morgan fingerprint density at radius 1 is 1.26 bits per heavy atom. The van der Waals surface area contributed by atoms with Gasteiger partial charge in [0, 0.05) is 17.8 Å². The maximum absolute atomic E-state index is 13.1. The highest BCUT2D eigenvalue weighted by molar-refractivity contribution is 7.14. The van der Waals surface area contributed by atoms with Crippen LogP contribution in [0, 0.1) is 32.1 Å². The zero-order chi connectivity index (χ0) is 24.8. The summed E-state index contributed by atoms with van der Waals surface area (Å²) < 4.78 is 5.83. The van der Waals surface area contributed by atoms with Gasteiger partial charge in [-0.2, -0.15) is 0 Å². The Bertz CT molecular complexity index is 1100. The number of fused-ring (bicyclic) bond motifs is 3. The number of aliphatic hydroxyl groups is 1. The maximum atomic E-state index is 13.1. The number of hydrogen-bond acceptors (Lipinski definition) is 6. The van der Waals surface area contributed by atoms with Gasteiger partial charge in [0.25, 0.3) is 0 Å². The predicted molar refractivity (Wildman–Crippen MR) is 135 cm³/mol. The molecule has 0 aliphatic heterocycles. The first-order valence-electron chi connectivity index (χ1n) is 12.1. The molecule has 2 aromatic rings. The fourth-order valence-electron chi connectivity index (χ4n) is 5.68. The summed E-state index contributed by atoms with van der Waals surface area (Å²) in [4.78, 5) is 26.7. The topological polar surface area (TPSA) is 102 Å². The molecule has 7 heteroatoms. The third-order valence-corrected chi connectivity index (χ3v) is 8.78. The molecule has 34 heavy (non-hydrogen) atoms. The first-order chi connectivity index (χ1) is 16.0. The van der Waals surface area contributed by atoms with E-state index < -0.39 is 6.10 Å². The average Bonchev–Trinajstić information content (AvgIpc) is 3.10. The molecular formula is C27H36N2O4S. The average molecular weight is 485 g/mol. The second-order valence-corrected chi connectivity index (χ2v) is 11.7. The van der Waals surface area contributed by atoms with Crippen LogP contribution in [-0.4, -0.2) is 42.6 Å². The van der Waals surface area contributed by atoms with Crippen molar-refractivity contribution in [3.8, 4) is 5.75 Å². The van der Waals surface area contributed by atoms with Crippen molar-refractivity contribution in [2.45, 2.75) is 65.9 Å². The number of nitrogens with one attached hydrogen (secondary N) is 1. The van der Waals surface area contributed by atoms with Crippen molar-refractivity contribution in [1.82, 2.24) is 5.32 Å². The largest absolute Gasteiger partial charge is 0.490 e. The zero-order valence-corrected chi connectivity index (χ0v) is 21.6. The molecule has 1 heterocycles. The number of benzene rings is 1. The summed E-state index contributed by atoms with van der Waals surface area (Å²) in [6.45, 7) is 10.9. The highest BCUT2D eigenvalue weighted by Gasteiger charge is 2.63. The highest BCUT2D eigenvalue weighted by atomic mass is 32.1. The minimum atomic E-state index is -0.820. The van der Waals surface area contributed by atoms with E-state index in [0.717, 1.165) is 33.7 Å². The molecule has 1 amide bonds. The second-order valence-electron chi connectivity index (χ2n) is 10.4. The Labute approximate surface area is 205 Å². The molecule has 0 radical (unpaired) electrons. The molecule has 1 fully saturated rings. The molecule has 0 saturated heterocycles. The van der Waals surface area contributed by atoms with Crippen LogP contribution in [0.15, 0.2) is 12.1 Å². The van der Waals surface area contributed by atoms with Gasteiger partial charge in [-0.25, -0.2) is 0 Å². The summed E-state index contributed by atoms with van der Waals surface area (Å²) in [5.41, 5.74) is 11.5. The number of nitrogens with two attached hydrogens (primary N) is 1. The molecule has 1 unspecified atom stereocenters. The number of Topliss-reactive ketones (excluding diaryl/α,β-unsaturated/α-hetero) is 1. The highest BCUT2D eigenvalue weighted by Crippen LogP contribution is 2.71. The Morgan fingerprint density at radius 3 is 2.59 bits per heavy atom. The standard InChI is InChI=1S/C27H36N2O4S/c1-14-8-17(9-15(2)25(14)33-13-18(30)12-29-22(32)11-28)6-7-21(31)26-19-10-20-24(27(20,4)5)23(19)16(3)34-26/h8-9,18,20,24,30H,6-7,10-13,28H2,1-5H3,(H,29,32)/t18?,20-,24-/m1/s1. The normalized spacial score (nSPS) is 20.4. The van der Waals surface area contributed by atoms with Crippen LogP contribution in [0.1, 0.15) is 68.6 Å². The molecule has 0 spiro atoms. The van der Waals surface area contributed by atoms with E-state index in [1.807, 2.05) is 13.8 Å². The van der Waals surface area contributed by atoms with Gasteiger partial charge in [-0.05, 0) is 78.7 Å². The fourth-order valence-corrected chi connectivity index (χ4v) is 6.88. The van der Waals surface area contributed by atoms with Crippen molar-refractivity contribution in [2.24, 2.45) is 17.1 Å². The molecule has 1 aromatic carbocycles. The number of carbonyl (C=O) groups excluding carboxylic acids is 2. The molecule has 3 atom stereocenters. The van der Waals surface area contributed by atoms with E-state index in [-0.39, 0.29) is 31.4 Å². The van der Waals surface area contributed by atoms with Crippen molar-refractivity contribution in [1.29, 1.82) is 0 Å². The van der Waals surface area contributed by atoms with E-state index in [4.69, 9.17) is 10.5 Å². The quantitative estimate of drug-likeness (QED) is 0.447. The lowest BCUT2D eigenvalue weighted by Crippen LogP contribution is -2.38. The summed E-state index contributed by atoms with van der Waals surface area (Å²) in [5, 5.41) is 12.6. The summed E-state index contributed by atoms with van der Waals surface area (Å²) in [6, 6.07) is 4.11. The summed E-state index contributed by atoms with van der Waals surface area (Å²) >= 11 is 1.69. The summed E-state index contributed by atoms with van der Waals surface area (Å²) in [5.74, 6) is 2.03. The number of hydrogen-bond donors (Lipinski definition) is 3. The van der Waals surface area contributed by atoms with Gasteiger partial charge in [0.1, 0.15) is 18.5 Å². The van der Waals surface area contributed by atoms with Gasteiger partial charge in [-0.1, -0.05) is 26.0 Å². The third kappa shape index (κ3) is 4.66. The van der Waals surface area contributed by atoms with Gasteiger partial charge < -0.3 is 20.9 Å². The van der Waals surface area contributed by atoms with Crippen molar-refractivity contribution in [3.05, 3.63) is 49.7 Å². The van der Waals surface area contributed by atoms with Crippen LogP contribution in [0.4, 0.5) is 0 Å². The minimum absolute atomic E-state index is 0.0754. The second kappa shape index (κ2) is 9.44. The molecule has 1 aromatic heterocycles. The lowest BCUT2D eigenvalue weighted by molar-refractivity contribution is -0.120. The van der Waals surface area contributed by atoms with Gasteiger partial charge in [0.2, 0.25) is 5.91 Å². The van der Waals surface area contributed by atoms with Crippen LogP contribution in [0.2, 0.25) is 0 Å². The van der Waals surface area contributed by atoms with Crippen molar-refractivity contribution >= 4 is 23.0 Å². The number of aryl methyl sites for hydroxylation is 4. The van der Waals surface area contributed by atoms with Crippen LogP contribution in [0.3, 0.4) is 0 Å². The van der Waals surface area contributed by atoms with E-state index in [9.17, 15) is 14.7 Å². The molecule has 4 rings (SSSR count). The number of ketones is 1. The third-order valence-electron chi connectivity index (χ3n) is 7.57. The molecule has 6 nitrogen and oxygen atoms in total. The van der Waals surface area contributed by atoms with Crippen molar-refractivity contribution < 1.29 is 19.4 Å². The van der Waals surface area contributed by atoms with Gasteiger partial charge in [0.15, 0.2) is 5.78 Å². The zero-order valence-electron chi connectivity index (χ0n) is 20.8. The van der Waals surface area contributed by atoms with Crippen LogP contribution in [0.5, 0.6) is 5.75 Å². The number of thiophene rings is 1. The lowest BCUT2D eigenvalue weighted by atomic mass is 9.93. The number of aliphatic hydroxyl groups excluding tert-OH is 1. The first-order valence-corrected chi connectivity index (χ1v) is 12.9. The monoisotopic (exact) mass is 484 g/mol. The number of amides is 1. The van der Waals surface area contributed by atoms with Gasteiger partial charge in [-0.3, -0.25) is 9.59 Å². The summed E-state index contributed by atoms with van der Waals surface area (Å²) in [6.07, 6.45) is 1.44. The molecule has 1 saturated carbocycles. The minimum Gasteiger partial charge on any atom is -0.490 e. The van der Waals surface area contributed by atoms with Crippen molar-refractivity contribution in [2.75, 3.05) is 19.7 Å². The fraction of sp³-hybridized carbons (Fsp3) is 0.556. The van der Waals surface area contributed by atoms with E-state index in [2.05, 4.69) is 38.2 Å². The Kier molecular flexibility index (Phi) is 6.91. The van der Waals surface area contributed by atoms with Crippen LogP contribution < -0.4 is 15.8 Å². The SMILES string of the molecule is Cc1cc(CCC(=O)c2sc(C)c3c2C[C@@H]2[C@H]3C2(C)C)cc(C)c1OCC(O)CNC(=O)CN. The van der Waals surface area contributed by atoms with Gasteiger partial charge in [-0.15, -0.1) is 11.3 Å². The number of ether oxygens (including phenoxy) is 1. The molecule has 0 bridgehead atoms. The summed E-state index contributed by atoms with van der Waals surface area (Å²) in [7, 11) is 0. The Morgan fingerprint density at radius 2 is 1.94 bits per heavy atom. The maximum Gasteiger partial charge on any atom is 0.233 e. The number of rotatable bonds is 10. The molecule has 4 N–H and O–H groups in total. The van der Waals surface area contributed by atoms with E-state index in [1.54, 1.807) is 11.3 Å². The van der Waals surface area contributed by atoms with E-state index in [0.29, 0.717) is 30.1 Å².